The lowest BCUT2D eigenvalue weighted by atomic mass is 9.94. The van der Waals surface area contributed by atoms with Crippen LogP contribution in [0.15, 0.2) is 11.8 Å². The summed E-state index contributed by atoms with van der Waals surface area (Å²) in [6.45, 7) is 4.30. The monoisotopic (exact) mass is 343 g/mol. The molecule has 1 saturated heterocycles. The van der Waals surface area contributed by atoms with E-state index in [1.54, 1.807) is 0 Å². The Morgan fingerprint density at radius 3 is 2.50 bits per heavy atom. The van der Waals surface area contributed by atoms with Crippen molar-refractivity contribution in [3.8, 4) is 0 Å². The zero-order chi connectivity index (χ0) is 16.8. The molecular formula is C19H25N3OS. The highest BCUT2D eigenvalue weighted by Crippen LogP contribution is 2.38. The Kier molecular flexibility index (Phi) is 3.99. The molecule has 2 saturated carbocycles. The van der Waals surface area contributed by atoms with Gasteiger partial charge in [-0.25, -0.2) is 0 Å². The van der Waals surface area contributed by atoms with Gasteiger partial charge in [0.15, 0.2) is 5.11 Å². The number of aromatic nitrogens is 1. The van der Waals surface area contributed by atoms with Gasteiger partial charge >= 0.3 is 0 Å². The second kappa shape index (κ2) is 6.03. The van der Waals surface area contributed by atoms with Gasteiger partial charge in [0.2, 0.25) is 0 Å². The van der Waals surface area contributed by atoms with Crippen molar-refractivity contribution in [1.82, 2.24) is 14.8 Å². The van der Waals surface area contributed by atoms with Gasteiger partial charge in [0.05, 0.1) is 0 Å². The van der Waals surface area contributed by atoms with Crippen LogP contribution in [0, 0.1) is 13.8 Å². The second-order valence-corrected chi connectivity index (χ2v) is 7.77. The van der Waals surface area contributed by atoms with Gasteiger partial charge in [0.25, 0.3) is 5.91 Å². The summed E-state index contributed by atoms with van der Waals surface area (Å²) < 4.78 is 2.41. The van der Waals surface area contributed by atoms with Crippen molar-refractivity contribution in [2.24, 2.45) is 0 Å². The van der Waals surface area contributed by atoms with E-state index in [2.05, 4.69) is 29.8 Å². The van der Waals surface area contributed by atoms with Crippen LogP contribution in [-0.4, -0.2) is 26.5 Å². The van der Waals surface area contributed by atoms with Crippen LogP contribution in [0.5, 0.6) is 0 Å². The van der Waals surface area contributed by atoms with E-state index in [4.69, 9.17) is 12.2 Å². The fourth-order valence-electron chi connectivity index (χ4n) is 4.22. The standard InChI is InChI=1S/C19H25N3OS/c1-12-10-14(13(2)21(12)16-8-9-16)11-17-18(23)22(19(24)20-17)15-6-4-3-5-7-15/h10-11,15-16H,3-9H2,1-2H3,(H,20,24). The molecule has 1 aliphatic heterocycles. The Hall–Kier alpha value is -1.62. The van der Waals surface area contributed by atoms with Crippen molar-refractivity contribution in [2.45, 2.75) is 70.9 Å². The highest BCUT2D eigenvalue weighted by atomic mass is 32.1. The maximum Gasteiger partial charge on any atom is 0.276 e. The maximum atomic E-state index is 12.9. The van der Waals surface area contributed by atoms with E-state index in [0.29, 0.717) is 16.9 Å². The first-order chi connectivity index (χ1) is 11.6. The SMILES string of the molecule is Cc1cc(C=C2NC(=S)N(C3CCCCC3)C2=O)c(C)n1C1CC1. The van der Waals surface area contributed by atoms with Gasteiger partial charge in [-0.2, -0.15) is 0 Å². The van der Waals surface area contributed by atoms with Crippen molar-refractivity contribution in [3.63, 3.8) is 0 Å². The number of aryl methyl sites for hydroxylation is 1. The molecule has 2 heterocycles. The number of hydrogen-bond acceptors (Lipinski definition) is 2. The van der Waals surface area contributed by atoms with Gasteiger partial charge < -0.3 is 9.88 Å². The normalized spacial score (nSPS) is 24.1. The molecule has 128 valence electrons. The molecule has 0 unspecified atom stereocenters. The lowest BCUT2D eigenvalue weighted by Gasteiger charge is -2.29. The molecule has 0 aromatic carbocycles. The van der Waals surface area contributed by atoms with Crippen LogP contribution < -0.4 is 5.32 Å². The highest BCUT2D eigenvalue weighted by molar-refractivity contribution is 7.80. The average Bonchev–Trinajstić information content (AvgIpc) is 3.29. The van der Waals surface area contributed by atoms with E-state index in [1.165, 1.54) is 43.5 Å². The number of carbonyl (C=O) groups is 1. The van der Waals surface area contributed by atoms with E-state index < -0.39 is 0 Å². The third kappa shape index (κ3) is 2.69. The average molecular weight is 343 g/mol. The molecule has 1 N–H and O–H groups in total. The molecule has 1 amide bonds. The molecule has 24 heavy (non-hydrogen) atoms. The molecule has 2 aliphatic carbocycles. The van der Waals surface area contributed by atoms with Crippen molar-refractivity contribution in [3.05, 3.63) is 28.7 Å². The first kappa shape index (κ1) is 15.9. The maximum absolute atomic E-state index is 12.9. The van der Waals surface area contributed by atoms with Gasteiger partial charge in [0.1, 0.15) is 5.70 Å². The summed E-state index contributed by atoms with van der Waals surface area (Å²) in [5.74, 6) is 0.0446. The molecular weight excluding hydrogens is 318 g/mol. The van der Waals surface area contributed by atoms with Crippen LogP contribution in [0.25, 0.3) is 6.08 Å². The second-order valence-electron chi connectivity index (χ2n) is 7.38. The third-order valence-electron chi connectivity index (χ3n) is 5.58. The lowest BCUT2D eigenvalue weighted by molar-refractivity contribution is -0.124. The number of nitrogens with one attached hydrogen (secondary N) is 1. The van der Waals surface area contributed by atoms with Crippen molar-refractivity contribution in [1.29, 1.82) is 0 Å². The summed E-state index contributed by atoms with van der Waals surface area (Å²) in [5.41, 5.74) is 4.28. The Bertz CT molecular complexity index is 723. The van der Waals surface area contributed by atoms with Crippen LogP contribution in [0.1, 0.15) is 67.9 Å². The topological polar surface area (TPSA) is 37.3 Å². The molecule has 4 rings (SSSR count). The Morgan fingerprint density at radius 1 is 1.12 bits per heavy atom. The predicted molar refractivity (Wildman–Crippen MR) is 99.6 cm³/mol. The number of amides is 1. The van der Waals surface area contributed by atoms with Crippen LogP contribution in [-0.2, 0) is 4.79 Å². The molecule has 3 aliphatic rings. The molecule has 0 spiro atoms. The minimum atomic E-state index is 0.0446. The zero-order valence-corrected chi connectivity index (χ0v) is 15.3. The number of thiocarbonyl (C=S) groups is 1. The lowest BCUT2D eigenvalue weighted by Crippen LogP contribution is -2.41. The summed E-state index contributed by atoms with van der Waals surface area (Å²) in [6.07, 6.45) is 10.3. The zero-order valence-electron chi connectivity index (χ0n) is 14.5. The molecule has 1 aromatic rings. The fourth-order valence-corrected chi connectivity index (χ4v) is 4.56. The minimum Gasteiger partial charge on any atom is -0.346 e. The molecule has 0 atom stereocenters. The predicted octanol–water partition coefficient (Wildman–Crippen LogP) is 3.83. The quantitative estimate of drug-likeness (QED) is 0.669. The Labute approximate surface area is 148 Å². The minimum absolute atomic E-state index is 0.0446. The fraction of sp³-hybridized carbons (Fsp3) is 0.579. The van der Waals surface area contributed by atoms with Crippen LogP contribution in [0.3, 0.4) is 0 Å². The smallest absolute Gasteiger partial charge is 0.276 e. The van der Waals surface area contributed by atoms with E-state index in [-0.39, 0.29) is 11.9 Å². The largest absolute Gasteiger partial charge is 0.346 e. The van der Waals surface area contributed by atoms with Crippen molar-refractivity contribution < 1.29 is 4.79 Å². The summed E-state index contributed by atoms with van der Waals surface area (Å²) in [5, 5.41) is 3.74. The number of nitrogens with zero attached hydrogens (tertiary/aromatic N) is 2. The molecule has 5 heteroatoms. The van der Waals surface area contributed by atoms with Crippen LogP contribution >= 0.6 is 12.2 Å². The number of carbonyl (C=O) groups excluding carboxylic acids is 1. The van der Waals surface area contributed by atoms with Gasteiger partial charge in [-0.15, -0.1) is 0 Å². The van der Waals surface area contributed by atoms with Gasteiger partial charge in [-0.1, -0.05) is 19.3 Å². The summed E-state index contributed by atoms with van der Waals surface area (Å²) in [6, 6.07) is 3.11. The van der Waals surface area contributed by atoms with Crippen LogP contribution in [0.4, 0.5) is 0 Å². The van der Waals surface area contributed by atoms with E-state index in [9.17, 15) is 4.79 Å². The van der Waals surface area contributed by atoms with Gasteiger partial charge in [-0.3, -0.25) is 9.69 Å². The van der Waals surface area contributed by atoms with E-state index in [0.717, 1.165) is 18.4 Å². The molecule has 1 aromatic heterocycles. The summed E-state index contributed by atoms with van der Waals surface area (Å²) >= 11 is 5.46. The van der Waals surface area contributed by atoms with E-state index >= 15 is 0 Å². The van der Waals surface area contributed by atoms with Gasteiger partial charge in [0, 0.05) is 23.5 Å². The summed E-state index contributed by atoms with van der Waals surface area (Å²) in [4.78, 5) is 14.7. The number of hydrogen-bond donors (Lipinski definition) is 1. The third-order valence-corrected chi connectivity index (χ3v) is 5.88. The van der Waals surface area contributed by atoms with Crippen molar-refractivity contribution >= 4 is 29.3 Å². The molecule has 4 nitrogen and oxygen atoms in total. The molecule has 0 radical (unpaired) electrons. The van der Waals surface area contributed by atoms with Gasteiger partial charge in [-0.05, 0) is 69.5 Å². The highest BCUT2D eigenvalue weighted by Gasteiger charge is 2.36. The Balaban J connectivity index is 1.60. The van der Waals surface area contributed by atoms with E-state index in [1.807, 2.05) is 11.0 Å². The first-order valence-electron chi connectivity index (χ1n) is 9.11. The van der Waals surface area contributed by atoms with Crippen molar-refractivity contribution in [2.75, 3.05) is 0 Å². The summed E-state index contributed by atoms with van der Waals surface area (Å²) in [7, 11) is 0. The molecule has 0 bridgehead atoms. The van der Waals surface area contributed by atoms with Crippen LogP contribution in [0.2, 0.25) is 0 Å². The number of rotatable bonds is 3. The Morgan fingerprint density at radius 2 is 1.83 bits per heavy atom. The molecule has 3 fully saturated rings. The first-order valence-corrected chi connectivity index (χ1v) is 9.52.